The van der Waals surface area contributed by atoms with Crippen molar-refractivity contribution in [3.8, 4) is 11.8 Å². The first kappa shape index (κ1) is 11.1. The van der Waals surface area contributed by atoms with Crippen LogP contribution in [0, 0.1) is 11.8 Å². The molecule has 1 N–H and O–H groups in total. The number of carbonyl (C=O) groups is 1. The molecule has 1 rings (SSSR count). The fourth-order valence-corrected chi connectivity index (χ4v) is 1.67. The van der Waals surface area contributed by atoms with Gasteiger partial charge in [-0.25, -0.2) is 0 Å². The van der Waals surface area contributed by atoms with E-state index >= 15 is 0 Å². The average molecular weight is 228 g/mol. The third kappa shape index (κ3) is 3.82. The maximum atomic E-state index is 10.5. The molecule has 0 aliphatic heterocycles. The first-order valence-corrected chi connectivity index (χ1v) is 5.42. The van der Waals surface area contributed by atoms with Gasteiger partial charge in [-0.3, -0.25) is 4.79 Å². The molecule has 0 spiro atoms. The van der Waals surface area contributed by atoms with Crippen LogP contribution in [0.5, 0.6) is 0 Å². The molecule has 14 heavy (non-hydrogen) atoms. The molecule has 0 atom stereocenters. The van der Waals surface area contributed by atoms with Gasteiger partial charge >= 0.3 is 0 Å². The van der Waals surface area contributed by atoms with Gasteiger partial charge in [-0.2, -0.15) is 0 Å². The summed E-state index contributed by atoms with van der Waals surface area (Å²) in [4.78, 5) is 10.5. The van der Waals surface area contributed by atoms with E-state index in [1.807, 2.05) is 11.4 Å². The molecule has 0 fully saturated rings. The molecule has 1 aromatic rings. The van der Waals surface area contributed by atoms with Gasteiger partial charge < -0.3 is 5.32 Å². The molecule has 1 heterocycles. The predicted molar refractivity (Wildman–Crippen MR) is 59.5 cm³/mol. The molecular weight excluding hydrogens is 218 g/mol. The highest BCUT2D eigenvalue weighted by molar-refractivity contribution is 7.14. The quantitative estimate of drug-likeness (QED) is 0.610. The van der Waals surface area contributed by atoms with Crippen LogP contribution >= 0.6 is 22.9 Å². The van der Waals surface area contributed by atoms with Gasteiger partial charge in [-0.1, -0.05) is 23.4 Å². The van der Waals surface area contributed by atoms with E-state index in [4.69, 9.17) is 11.6 Å². The van der Waals surface area contributed by atoms with Crippen LogP contribution in [-0.4, -0.2) is 12.5 Å². The molecule has 2 nitrogen and oxygen atoms in total. The summed E-state index contributed by atoms with van der Waals surface area (Å²) in [5, 5.41) is 4.57. The lowest BCUT2D eigenvalue weighted by atomic mass is 10.3. The Balaban J connectivity index is 2.34. The lowest BCUT2D eigenvalue weighted by Gasteiger charge is -1.94. The van der Waals surface area contributed by atoms with Gasteiger partial charge in [0.1, 0.15) is 4.34 Å². The molecule has 0 unspecified atom stereocenters. The van der Waals surface area contributed by atoms with Gasteiger partial charge in [0.05, 0.1) is 5.56 Å². The number of carbonyl (C=O) groups excluding carboxylic acids is 1. The molecule has 0 aliphatic rings. The lowest BCUT2D eigenvalue weighted by Crippen LogP contribution is -2.20. The molecule has 0 saturated heterocycles. The Bertz CT molecular complexity index is 375. The van der Waals surface area contributed by atoms with Crippen molar-refractivity contribution in [1.82, 2.24) is 5.32 Å². The number of nitrogens with one attached hydrogen (secondary N) is 1. The van der Waals surface area contributed by atoms with E-state index in [9.17, 15) is 4.79 Å². The maximum absolute atomic E-state index is 10.5. The Kier molecular flexibility index (Phi) is 4.51. The molecule has 74 valence electrons. The van der Waals surface area contributed by atoms with Crippen LogP contribution in [0.25, 0.3) is 0 Å². The van der Waals surface area contributed by atoms with Gasteiger partial charge in [0.2, 0.25) is 5.91 Å². The average Bonchev–Trinajstić information content (AvgIpc) is 2.51. The second-order valence-electron chi connectivity index (χ2n) is 2.64. The standard InChI is InChI=1S/C10H10ClNOS/c1-8(13)12-6-3-2-4-9-5-7-14-10(9)11/h5,7H,3,6H2,1H3,(H,12,13). The Morgan fingerprint density at radius 3 is 3.07 bits per heavy atom. The zero-order chi connectivity index (χ0) is 10.4. The molecule has 0 bridgehead atoms. The molecular formula is C10H10ClNOS. The van der Waals surface area contributed by atoms with Crippen molar-refractivity contribution in [1.29, 1.82) is 0 Å². The Morgan fingerprint density at radius 2 is 2.50 bits per heavy atom. The van der Waals surface area contributed by atoms with Gasteiger partial charge in [0, 0.05) is 19.9 Å². The second kappa shape index (κ2) is 5.69. The normalized spacial score (nSPS) is 9.00. The summed E-state index contributed by atoms with van der Waals surface area (Å²) in [7, 11) is 0. The summed E-state index contributed by atoms with van der Waals surface area (Å²) < 4.78 is 0.719. The van der Waals surface area contributed by atoms with E-state index in [1.165, 1.54) is 18.3 Å². The van der Waals surface area contributed by atoms with Crippen LogP contribution in [0.2, 0.25) is 4.34 Å². The zero-order valence-electron chi connectivity index (χ0n) is 7.76. The van der Waals surface area contributed by atoms with E-state index in [2.05, 4.69) is 17.2 Å². The monoisotopic (exact) mass is 227 g/mol. The summed E-state index contributed by atoms with van der Waals surface area (Å²) in [6, 6.07) is 1.89. The fraction of sp³-hybridized carbons (Fsp3) is 0.300. The summed E-state index contributed by atoms with van der Waals surface area (Å²) in [5.74, 6) is 5.86. The Labute approximate surface area is 92.3 Å². The Morgan fingerprint density at radius 1 is 1.71 bits per heavy atom. The minimum absolute atomic E-state index is 0.0274. The number of amides is 1. The third-order valence-electron chi connectivity index (χ3n) is 1.46. The van der Waals surface area contributed by atoms with Crippen LogP contribution < -0.4 is 5.32 Å². The largest absolute Gasteiger partial charge is 0.355 e. The first-order chi connectivity index (χ1) is 6.70. The van der Waals surface area contributed by atoms with Gasteiger partial charge in [0.25, 0.3) is 0 Å². The van der Waals surface area contributed by atoms with Gasteiger partial charge in [-0.05, 0) is 11.4 Å². The van der Waals surface area contributed by atoms with Crippen molar-refractivity contribution in [2.45, 2.75) is 13.3 Å². The topological polar surface area (TPSA) is 29.1 Å². The van der Waals surface area contributed by atoms with E-state index < -0.39 is 0 Å². The second-order valence-corrected chi connectivity index (χ2v) is 4.16. The number of rotatable bonds is 2. The highest BCUT2D eigenvalue weighted by Gasteiger charge is 1.95. The van der Waals surface area contributed by atoms with Crippen LogP contribution in [-0.2, 0) is 4.79 Å². The van der Waals surface area contributed by atoms with Gasteiger partial charge in [0.15, 0.2) is 0 Å². The van der Waals surface area contributed by atoms with Crippen LogP contribution in [0.4, 0.5) is 0 Å². The highest BCUT2D eigenvalue weighted by Crippen LogP contribution is 2.21. The van der Waals surface area contributed by atoms with Crippen molar-refractivity contribution in [3.05, 3.63) is 21.3 Å². The van der Waals surface area contributed by atoms with Gasteiger partial charge in [-0.15, -0.1) is 11.3 Å². The minimum atomic E-state index is -0.0274. The number of hydrogen-bond acceptors (Lipinski definition) is 2. The predicted octanol–water partition coefficient (Wildman–Crippen LogP) is 2.28. The van der Waals surface area contributed by atoms with Crippen LogP contribution in [0.15, 0.2) is 11.4 Å². The van der Waals surface area contributed by atoms with Crippen molar-refractivity contribution < 1.29 is 4.79 Å². The van der Waals surface area contributed by atoms with E-state index in [0.29, 0.717) is 13.0 Å². The summed E-state index contributed by atoms with van der Waals surface area (Å²) >= 11 is 7.32. The molecule has 1 amide bonds. The molecule has 0 radical (unpaired) electrons. The van der Waals surface area contributed by atoms with E-state index in [-0.39, 0.29) is 5.91 Å². The summed E-state index contributed by atoms with van der Waals surface area (Å²) in [6.45, 7) is 2.08. The number of thiophene rings is 1. The first-order valence-electron chi connectivity index (χ1n) is 4.16. The van der Waals surface area contributed by atoms with Crippen LogP contribution in [0.1, 0.15) is 18.9 Å². The fourth-order valence-electron chi connectivity index (χ4n) is 0.840. The number of halogens is 1. The maximum Gasteiger partial charge on any atom is 0.216 e. The molecule has 0 saturated carbocycles. The smallest absolute Gasteiger partial charge is 0.216 e. The highest BCUT2D eigenvalue weighted by atomic mass is 35.5. The third-order valence-corrected chi connectivity index (χ3v) is 2.63. The van der Waals surface area contributed by atoms with E-state index in [0.717, 1.165) is 9.90 Å². The van der Waals surface area contributed by atoms with Crippen molar-refractivity contribution in [2.75, 3.05) is 6.54 Å². The van der Waals surface area contributed by atoms with Crippen molar-refractivity contribution in [3.63, 3.8) is 0 Å². The molecule has 1 aromatic heterocycles. The summed E-state index contributed by atoms with van der Waals surface area (Å²) in [6.07, 6.45) is 0.645. The van der Waals surface area contributed by atoms with Crippen molar-refractivity contribution in [2.24, 2.45) is 0 Å². The van der Waals surface area contributed by atoms with E-state index in [1.54, 1.807) is 0 Å². The minimum Gasteiger partial charge on any atom is -0.355 e. The summed E-state index contributed by atoms with van der Waals surface area (Å²) in [5.41, 5.74) is 0.861. The molecule has 0 aromatic carbocycles. The molecule has 4 heteroatoms. The Hall–Kier alpha value is -0.980. The number of hydrogen-bond donors (Lipinski definition) is 1. The van der Waals surface area contributed by atoms with Crippen LogP contribution in [0.3, 0.4) is 0 Å². The lowest BCUT2D eigenvalue weighted by molar-refractivity contribution is -0.118. The van der Waals surface area contributed by atoms with Crippen molar-refractivity contribution >= 4 is 28.8 Å². The SMILES string of the molecule is CC(=O)NCCC#Cc1ccsc1Cl. The zero-order valence-corrected chi connectivity index (χ0v) is 9.34. The molecule has 0 aliphatic carbocycles.